The number of aromatic nitrogens is 2. The first-order valence-corrected chi connectivity index (χ1v) is 13.8. The van der Waals surface area contributed by atoms with Gasteiger partial charge < -0.3 is 10.6 Å². The van der Waals surface area contributed by atoms with Gasteiger partial charge in [-0.3, -0.25) is 19.1 Å². The van der Waals surface area contributed by atoms with Crippen LogP contribution in [0, 0.1) is 30.1 Å². The van der Waals surface area contributed by atoms with Gasteiger partial charge in [-0.2, -0.15) is 0 Å². The summed E-state index contributed by atoms with van der Waals surface area (Å²) >= 11 is 1.31. The summed E-state index contributed by atoms with van der Waals surface area (Å²) in [7, 11) is 1.80. The molecule has 1 aromatic heterocycles. The van der Waals surface area contributed by atoms with Crippen molar-refractivity contribution in [1.29, 1.82) is 0 Å². The van der Waals surface area contributed by atoms with Crippen molar-refractivity contribution in [1.82, 2.24) is 14.7 Å². The Hall–Kier alpha value is -2.48. The predicted octanol–water partition coefficient (Wildman–Crippen LogP) is 3.88. The average molecular weight is 497 g/mol. The topological polar surface area (TPSA) is 85.1 Å². The monoisotopic (exact) mass is 496 g/mol. The van der Waals surface area contributed by atoms with Crippen molar-refractivity contribution >= 4 is 29.3 Å². The molecule has 2 N–H and O–H groups in total. The molecule has 1 aromatic carbocycles. The third-order valence-corrected chi connectivity index (χ3v) is 9.60. The molecule has 0 radical (unpaired) electrons. The third-order valence-electron chi connectivity index (χ3n) is 8.46. The quantitative estimate of drug-likeness (QED) is 0.581. The Labute approximate surface area is 211 Å². The molecule has 35 heavy (non-hydrogen) atoms. The van der Waals surface area contributed by atoms with Gasteiger partial charge in [-0.1, -0.05) is 18.2 Å². The van der Waals surface area contributed by atoms with E-state index >= 15 is 0 Å². The lowest BCUT2D eigenvalue weighted by atomic mass is 9.49. The van der Waals surface area contributed by atoms with Gasteiger partial charge in [-0.25, -0.2) is 4.68 Å². The zero-order valence-corrected chi connectivity index (χ0v) is 21.7. The number of hydrogen-bond acceptors (Lipinski definition) is 4. The smallest absolute Gasteiger partial charge is 0.295 e. The van der Waals surface area contributed by atoms with Crippen molar-refractivity contribution in [3.63, 3.8) is 0 Å². The highest BCUT2D eigenvalue weighted by Crippen LogP contribution is 2.59. The predicted molar refractivity (Wildman–Crippen MR) is 140 cm³/mol. The number of anilines is 1. The third kappa shape index (κ3) is 4.82. The average Bonchev–Trinajstić information content (AvgIpc) is 3.04. The highest BCUT2D eigenvalue weighted by Gasteiger charge is 2.50. The molecule has 2 aromatic rings. The first kappa shape index (κ1) is 24.2. The van der Waals surface area contributed by atoms with E-state index in [9.17, 15) is 14.4 Å². The van der Waals surface area contributed by atoms with Gasteiger partial charge >= 0.3 is 0 Å². The van der Waals surface area contributed by atoms with Crippen LogP contribution in [0.3, 0.4) is 0 Å². The van der Waals surface area contributed by atoms with Crippen LogP contribution >= 0.6 is 11.8 Å². The Morgan fingerprint density at radius 2 is 1.69 bits per heavy atom. The molecule has 4 bridgehead atoms. The summed E-state index contributed by atoms with van der Waals surface area (Å²) in [5, 5.41) is 5.54. The van der Waals surface area contributed by atoms with Crippen LogP contribution < -0.4 is 16.2 Å². The first-order valence-electron chi connectivity index (χ1n) is 12.8. The maximum Gasteiger partial charge on any atom is 0.295 e. The van der Waals surface area contributed by atoms with E-state index in [1.807, 2.05) is 37.3 Å². The Balaban J connectivity index is 1.14. The van der Waals surface area contributed by atoms with E-state index in [0.29, 0.717) is 11.1 Å². The molecule has 1 unspecified atom stereocenters. The summed E-state index contributed by atoms with van der Waals surface area (Å²) < 4.78 is 3.28. The fraction of sp³-hybridized carbons (Fsp3) is 0.593. The number of rotatable bonds is 8. The minimum atomic E-state index is -0.454. The number of amides is 2. The molecule has 0 saturated heterocycles. The fourth-order valence-corrected chi connectivity index (χ4v) is 7.77. The number of nitrogens with one attached hydrogen (secondary N) is 2. The molecule has 7 nitrogen and oxygen atoms in total. The van der Waals surface area contributed by atoms with Gasteiger partial charge in [0.15, 0.2) is 0 Å². The fourth-order valence-electron chi connectivity index (χ4n) is 7.06. The molecule has 4 saturated carbocycles. The normalized spacial score (nSPS) is 27.6. The number of carbonyl (C=O) groups excluding carboxylic acids is 2. The molecule has 4 fully saturated rings. The van der Waals surface area contributed by atoms with Crippen LogP contribution in [0.4, 0.5) is 5.69 Å². The Morgan fingerprint density at radius 3 is 2.29 bits per heavy atom. The number of carbonyl (C=O) groups is 2. The summed E-state index contributed by atoms with van der Waals surface area (Å²) in [6.07, 6.45) is 7.99. The lowest BCUT2D eigenvalue weighted by molar-refractivity contribution is -0.120. The summed E-state index contributed by atoms with van der Waals surface area (Å²) in [6.45, 7) is 4.37. The van der Waals surface area contributed by atoms with Crippen molar-refractivity contribution in [3.05, 3.63) is 46.4 Å². The van der Waals surface area contributed by atoms with E-state index in [1.54, 1.807) is 23.3 Å². The van der Waals surface area contributed by atoms with Crippen LogP contribution in [-0.4, -0.2) is 38.7 Å². The van der Waals surface area contributed by atoms with Crippen LogP contribution in [0.2, 0.25) is 0 Å². The van der Waals surface area contributed by atoms with E-state index in [1.165, 1.54) is 50.3 Å². The molecule has 6 rings (SSSR count). The SMILES string of the molecule is Cc1c(NC(=O)C(C)SCC(=O)NCC23CC4CC(CC(C4)C2)C3)c(=O)n(-c2ccccc2)n1C. The highest BCUT2D eigenvalue weighted by molar-refractivity contribution is 8.01. The second-order valence-electron chi connectivity index (χ2n) is 11.1. The molecule has 188 valence electrons. The molecular weight excluding hydrogens is 460 g/mol. The lowest BCUT2D eigenvalue weighted by Crippen LogP contribution is -2.51. The van der Waals surface area contributed by atoms with Crippen LogP contribution in [0.25, 0.3) is 5.69 Å². The zero-order chi connectivity index (χ0) is 24.7. The van der Waals surface area contributed by atoms with Gasteiger partial charge in [0.25, 0.3) is 5.56 Å². The Morgan fingerprint density at radius 1 is 1.09 bits per heavy atom. The van der Waals surface area contributed by atoms with E-state index < -0.39 is 5.25 Å². The van der Waals surface area contributed by atoms with Gasteiger partial charge in [-0.15, -0.1) is 11.8 Å². The van der Waals surface area contributed by atoms with Crippen molar-refractivity contribution < 1.29 is 9.59 Å². The van der Waals surface area contributed by atoms with Crippen molar-refractivity contribution in [3.8, 4) is 5.69 Å². The zero-order valence-electron chi connectivity index (χ0n) is 20.9. The molecule has 1 atom stereocenters. The van der Waals surface area contributed by atoms with E-state index in [2.05, 4.69) is 10.6 Å². The van der Waals surface area contributed by atoms with Crippen LogP contribution in [0.15, 0.2) is 35.1 Å². The molecule has 8 heteroatoms. The van der Waals surface area contributed by atoms with Crippen molar-refractivity contribution in [2.24, 2.45) is 30.2 Å². The number of para-hydroxylation sites is 1. The Bertz CT molecular complexity index is 1130. The van der Waals surface area contributed by atoms with Crippen molar-refractivity contribution in [2.75, 3.05) is 17.6 Å². The van der Waals surface area contributed by atoms with Gasteiger partial charge in [0.05, 0.1) is 22.4 Å². The van der Waals surface area contributed by atoms with Crippen LogP contribution in [-0.2, 0) is 16.6 Å². The van der Waals surface area contributed by atoms with E-state index in [4.69, 9.17) is 0 Å². The largest absolute Gasteiger partial charge is 0.355 e. The second-order valence-corrected chi connectivity index (χ2v) is 12.4. The summed E-state index contributed by atoms with van der Waals surface area (Å²) in [6, 6.07) is 9.34. The van der Waals surface area contributed by atoms with Gasteiger partial charge in [-0.05, 0) is 87.7 Å². The van der Waals surface area contributed by atoms with E-state index in [-0.39, 0.29) is 28.8 Å². The number of thioether (sulfide) groups is 1. The minimum Gasteiger partial charge on any atom is -0.355 e. The molecule has 1 heterocycles. The van der Waals surface area contributed by atoms with Crippen LogP contribution in [0.1, 0.15) is 51.1 Å². The molecule has 0 aliphatic heterocycles. The van der Waals surface area contributed by atoms with Crippen molar-refractivity contribution in [2.45, 2.75) is 57.6 Å². The number of nitrogens with zero attached hydrogens (tertiary/aromatic N) is 2. The van der Waals surface area contributed by atoms with Gasteiger partial charge in [0.2, 0.25) is 11.8 Å². The lowest BCUT2D eigenvalue weighted by Gasteiger charge is -2.56. The minimum absolute atomic E-state index is 0.00674. The highest BCUT2D eigenvalue weighted by atomic mass is 32.2. The van der Waals surface area contributed by atoms with E-state index in [0.717, 1.165) is 30.0 Å². The second kappa shape index (κ2) is 9.52. The maximum atomic E-state index is 13.0. The summed E-state index contributed by atoms with van der Waals surface area (Å²) in [5.41, 5.74) is 1.73. The summed E-state index contributed by atoms with van der Waals surface area (Å²) in [5.74, 6) is 2.56. The van der Waals surface area contributed by atoms with Gasteiger partial charge in [0, 0.05) is 13.6 Å². The molecule has 4 aliphatic carbocycles. The molecule has 2 amide bonds. The molecular formula is C27H36N4O3S. The standard InChI is InChI=1S/C27H36N4O3S/c1-17-24(26(34)31(30(17)3)22-7-5-4-6-8-22)29-25(33)18(2)35-15-23(32)28-16-27-12-19-9-20(13-27)11-21(10-19)14-27/h4-8,18-21H,9-16H2,1-3H3,(H,28,32)(H,29,33). The Kier molecular flexibility index (Phi) is 6.59. The molecule has 0 spiro atoms. The first-order chi connectivity index (χ1) is 16.7. The maximum absolute atomic E-state index is 13.0. The van der Waals surface area contributed by atoms with Crippen LogP contribution in [0.5, 0.6) is 0 Å². The van der Waals surface area contributed by atoms with Gasteiger partial charge in [0.1, 0.15) is 5.69 Å². The summed E-state index contributed by atoms with van der Waals surface area (Å²) in [4.78, 5) is 38.5. The molecule has 4 aliphatic rings. The number of hydrogen-bond donors (Lipinski definition) is 2. The number of benzene rings is 1.